The van der Waals surface area contributed by atoms with Crippen molar-refractivity contribution >= 4 is 23.2 Å². The van der Waals surface area contributed by atoms with E-state index in [1.807, 2.05) is 18.2 Å². The maximum Gasteiger partial charge on any atom is 0.0595 e. The van der Waals surface area contributed by atoms with Crippen LogP contribution < -0.4 is 5.32 Å². The number of hydrogen-bond acceptors (Lipinski definition) is 1. The smallest absolute Gasteiger partial charge is 0.0595 e. The van der Waals surface area contributed by atoms with E-state index < -0.39 is 0 Å². The molecule has 0 amide bonds. The van der Waals surface area contributed by atoms with Crippen LogP contribution in [-0.2, 0) is 6.42 Å². The molecule has 1 atom stereocenters. The van der Waals surface area contributed by atoms with E-state index in [1.165, 1.54) is 5.56 Å². The summed E-state index contributed by atoms with van der Waals surface area (Å²) in [5.74, 6) is 0. The van der Waals surface area contributed by atoms with Gasteiger partial charge in [0.15, 0.2) is 0 Å². The van der Waals surface area contributed by atoms with E-state index >= 15 is 0 Å². The van der Waals surface area contributed by atoms with E-state index in [-0.39, 0.29) is 0 Å². The first-order valence-electron chi connectivity index (χ1n) is 5.30. The minimum Gasteiger partial charge on any atom is -0.315 e. The lowest BCUT2D eigenvalue weighted by Crippen LogP contribution is -2.25. The van der Waals surface area contributed by atoms with Crippen LogP contribution in [0.5, 0.6) is 0 Å². The van der Waals surface area contributed by atoms with Crippen molar-refractivity contribution in [2.45, 2.75) is 32.7 Å². The third-order valence-corrected chi connectivity index (χ3v) is 3.14. The third kappa shape index (κ3) is 4.42. The zero-order chi connectivity index (χ0) is 11.3. The lowest BCUT2D eigenvalue weighted by molar-refractivity contribution is 0.530. The highest BCUT2D eigenvalue weighted by molar-refractivity contribution is 6.42. The molecule has 1 rings (SSSR count). The van der Waals surface area contributed by atoms with Gasteiger partial charge < -0.3 is 5.32 Å². The van der Waals surface area contributed by atoms with Crippen molar-refractivity contribution in [2.75, 3.05) is 6.54 Å². The molecule has 1 unspecified atom stereocenters. The molecule has 1 aromatic rings. The Hall–Kier alpha value is -0.240. The largest absolute Gasteiger partial charge is 0.315 e. The molecule has 1 nitrogen and oxygen atoms in total. The third-order valence-electron chi connectivity index (χ3n) is 2.40. The first-order chi connectivity index (χ1) is 7.13. The highest BCUT2D eigenvalue weighted by atomic mass is 35.5. The second kappa shape index (κ2) is 6.37. The van der Waals surface area contributed by atoms with E-state index in [2.05, 4.69) is 19.2 Å². The van der Waals surface area contributed by atoms with E-state index in [9.17, 15) is 0 Å². The van der Waals surface area contributed by atoms with Crippen molar-refractivity contribution in [3.63, 3.8) is 0 Å². The summed E-state index contributed by atoms with van der Waals surface area (Å²) in [6, 6.07) is 6.39. The van der Waals surface area contributed by atoms with E-state index in [0.29, 0.717) is 16.1 Å². The SMILES string of the molecule is CCNC(C)CCc1ccc(Cl)c(Cl)c1. The average Bonchev–Trinajstić information content (AvgIpc) is 2.20. The van der Waals surface area contributed by atoms with Crippen molar-refractivity contribution in [3.8, 4) is 0 Å². The molecule has 0 radical (unpaired) electrons. The number of rotatable bonds is 5. The Morgan fingerprint density at radius 1 is 1.27 bits per heavy atom. The second-order valence-electron chi connectivity index (χ2n) is 3.75. The number of nitrogens with one attached hydrogen (secondary N) is 1. The van der Waals surface area contributed by atoms with E-state index in [0.717, 1.165) is 19.4 Å². The van der Waals surface area contributed by atoms with Gasteiger partial charge in [0, 0.05) is 6.04 Å². The summed E-state index contributed by atoms with van der Waals surface area (Å²) in [5, 5.41) is 4.65. The Balaban J connectivity index is 2.47. The molecule has 0 aliphatic rings. The van der Waals surface area contributed by atoms with Crippen molar-refractivity contribution in [1.29, 1.82) is 0 Å². The Bertz CT molecular complexity index is 312. The molecule has 0 saturated heterocycles. The quantitative estimate of drug-likeness (QED) is 0.830. The summed E-state index contributed by atoms with van der Waals surface area (Å²) in [5.41, 5.74) is 1.24. The van der Waals surface area contributed by atoms with Crippen LogP contribution >= 0.6 is 23.2 Å². The number of aryl methyl sites for hydroxylation is 1. The lowest BCUT2D eigenvalue weighted by atomic mass is 10.1. The van der Waals surface area contributed by atoms with Crippen molar-refractivity contribution in [3.05, 3.63) is 33.8 Å². The molecule has 84 valence electrons. The van der Waals surface area contributed by atoms with Gasteiger partial charge >= 0.3 is 0 Å². The van der Waals surface area contributed by atoms with Gasteiger partial charge in [-0.15, -0.1) is 0 Å². The fourth-order valence-electron chi connectivity index (χ4n) is 1.53. The highest BCUT2D eigenvalue weighted by Gasteiger charge is 2.02. The van der Waals surface area contributed by atoms with Crippen molar-refractivity contribution in [1.82, 2.24) is 5.32 Å². The van der Waals surface area contributed by atoms with Crippen molar-refractivity contribution in [2.24, 2.45) is 0 Å². The standard InChI is InChI=1S/C12H17Cl2N/c1-3-15-9(2)4-5-10-6-7-11(13)12(14)8-10/h6-9,15H,3-5H2,1-2H3. The maximum atomic E-state index is 5.94. The maximum absolute atomic E-state index is 5.94. The fourth-order valence-corrected chi connectivity index (χ4v) is 1.85. The molecular formula is C12H17Cl2N. The van der Waals surface area contributed by atoms with Gasteiger partial charge in [0.1, 0.15) is 0 Å². The van der Waals surface area contributed by atoms with Crippen LogP contribution in [0.1, 0.15) is 25.8 Å². The molecule has 1 N–H and O–H groups in total. The summed E-state index contributed by atoms with van der Waals surface area (Å²) in [4.78, 5) is 0. The van der Waals surface area contributed by atoms with Gasteiger partial charge in [0.2, 0.25) is 0 Å². The van der Waals surface area contributed by atoms with Crippen LogP contribution in [0.2, 0.25) is 10.0 Å². The van der Waals surface area contributed by atoms with E-state index in [1.54, 1.807) is 0 Å². The summed E-state index contributed by atoms with van der Waals surface area (Å²) >= 11 is 11.8. The molecule has 0 aliphatic carbocycles. The molecule has 0 heterocycles. The molecule has 1 aromatic carbocycles. The Labute approximate surface area is 102 Å². The minimum atomic E-state index is 0.546. The van der Waals surface area contributed by atoms with Crippen LogP contribution in [0.3, 0.4) is 0 Å². The van der Waals surface area contributed by atoms with Crippen LogP contribution in [0.25, 0.3) is 0 Å². The van der Waals surface area contributed by atoms with Crippen LogP contribution in [-0.4, -0.2) is 12.6 Å². The van der Waals surface area contributed by atoms with Gasteiger partial charge in [-0.1, -0.05) is 36.2 Å². The number of halogens is 2. The van der Waals surface area contributed by atoms with Crippen molar-refractivity contribution < 1.29 is 0 Å². The Morgan fingerprint density at radius 2 is 2.00 bits per heavy atom. The molecule has 0 aromatic heterocycles. The van der Waals surface area contributed by atoms with Gasteiger partial charge in [0.25, 0.3) is 0 Å². The zero-order valence-electron chi connectivity index (χ0n) is 9.19. The Morgan fingerprint density at radius 3 is 2.60 bits per heavy atom. The number of hydrogen-bond donors (Lipinski definition) is 1. The predicted molar refractivity (Wildman–Crippen MR) is 67.9 cm³/mol. The summed E-state index contributed by atoms with van der Waals surface area (Å²) < 4.78 is 0. The Kier molecular flexibility index (Phi) is 5.44. The van der Waals surface area contributed by atoms with Gasteiger partial charge in [-0.05, 0) is 44.0 Å². The minimum absolute atomic E-state index is 0.546. The number of benzene rings is 1. The lowest BCUT2D eigenvalue weighted by Gasteiger charge is -2.12. The van der Waals surface area contributed by atoms with Gasteiger partial charge in [0.05, 0.1) is 10.0 Å². The van der Waals surface area contributed by atoms with Crippen LogP contribution in [0.4, 0.5) is 0 Å². The summed E-state index contributed by atoms with van der Waals surface area (Å²) in [6.07, 6.45) is 2.15. The molecule has 15 heavy (non-hydrogen) atoms. The highest BCUT2D eigenvalue weighted by Crippen LogP contribution is 2.23. The first-order valence-corrected chi connectivity index (χ1v) is 6.06. The molecule has 3 heteroatoms. The topological polar surface area (TPSA) is 12.0 Å². The van der Waals surface area contributed by atoms with Gasteiger partial charge in [-0.25, -0.2) is 0 Å². The molecule has 0 saturated carbocycles. The van der Waals surface area contributed by atoms with E-state index in [4.69, 9.17) is 23.2 Å². The van der Waals surface area contributed by atoms with Gasteiger partial charge in [-0.3, -0.25) is 0 Å². The van der Waals surface area contributed by atoms with Crippen LogP contribution in [0.15, 0.2) is 18.2 Å². The monoisotopic (exact) mass is 245 g/mol. The molecule has 0 fully saturated rings. The molecular weight excluding hydrogens is 229 g/mol. The predicted octanol–water partition coefficient (Wildman–Crippen LogP) is 3.92. The average molecular weight is 246 g/mol. The van der Waals surface area contributed by atoms with Gasteiger partial charge in [-0.2, -0.15) is 0 Å². The summed E-state index contributed by atoms with van der Waals surface area (Å²) in [7, 11) is 0. The zero-order valence-corrected chi connectivity index (χ0v) is 10.7. The molecule has 0 spiro atoms. The molecule has 0 aliphatic heterocycles. The fraction of sp³-hybridized carbons (Fsp3) is 0.500. The van der Waals surface area contributed by atoms with Crippen LogP contribution in [0, 0.1) is 0 Å². The normalized spacial score (nSPS) is 12.8. The summed E-state index contributed by atoms with van der Waals surface area (Å²) in [6.45, 7) is 5.33. The second-order valence-corrected chi connectivity index (χ2v) is 4.56. The molecule has 0 bridgehead atoms. The first kappa shape index (κ1) is 12.8.